The Morgan fingerprint density at radius 1 is 1.14 bits per heavy atom. The molecule has 0 amide bonds. The van der Waals surface area contributed by atoms with Crippen molar-refractivity contribution in [2.24, 2.45) is 5.41 Å². The first-order chi connectivity index (χ1) is 13.4. The number of hydrogen-bond donors (Lipinski definition) is 2. The van der Waals surface area contributed by atoms with Crippen LogP contribution in [-0.4, -0.2) is 31.2 Å². The van der Waals surface area contributed by atoms with Crippen LogP contribution in [-0.2, 0) is 9.48 Å². The zero-order valence-electron chi connectivity index (χ0n) is 16.2. The minimum absolute atomic E-state index is 0.176. The lowest BCUT2D eigenvalue weighted by atomic mass is 9.91. The fourth-order valence-corrected chi connectivity index (χ4v) is 5.08. The highest BCUT2D eigenvalue weighted by atomic mass is 35.5. The molecule has 0 aliphatic carbocycles. The van der Waals surface area contributed by atoms with Gasteiger partial charge >= 0.3 is 0 Å². The minimum atomic E-state index is -0.657. The Kier molecular flexibility index (Phi) is 5.53. The molecule has 1 saturated heterocycles. The Hall–Kier alpha value is -1.40. The van der Waals surface area contributed by atoms with Gasteiger partial charge in [-0.2, -0.15) is 0 Å². The molecule has 4 rings (SSSR count). The predicted molar refractivity (Wildman–Crippen MR) is 114 cm³/mol. The fourth-order valence-electron chi connectivity index (χ4n) is 3.59. The largest absolute Gasteiger partial charge is 0.491 e. The summed E-state index contributed by atoms with van der Waals surface area (Å²) in [4.78, 5) is 1.17. The van der Waals surface area contributed by atoms with Crippen LogP contribution in [0.25, 0.3) is 0 Å². The number of nitrogens with one attached hydrogen (secondary N) is 1. The molecular weight excluding hydrogens is 394 g/mol. The maximum atomic E-state index is 10.4. The Labute approximate surface area is 175 Å². The van der Waals surface area contributed by atoms with Crippen LogP contribution in [0.1, 0.15) is 32.3 Å². The van der Waals surface area contributed by atoms with Crippen molar-refractivity contribution < 1.29 is 14.6 Å². The summed E-state index contributed by atoms with van der Waals surface area (Å²) >= 11 is 7.88. The molecule has 2 atom stereocenters. The summed E-state index contributed by atoms with van der Waals surface area (Å²) in [7, 11) is 0. The quantitative estimate of drug-likeness (QED) is 0.708. The number of rotatable bonds is 3. The van der Waals surface area contributed by atoms with Crippen molar-refractivity contribution in [1.29, 1.82) is 0 Å². The summed E-state index contributed by atoms with van der Waals surface area (Å²) in [6.07, 6.45) is 1.39. The predicted octanol–water partition coefficient (Wildman–Crippen LogP) is 5.29. The van der Waals surface area contributed by atoms with Gasteiger partial charge in [-0.3, -0.25) is 0 Å². The number of thioether (sulfide) groups is 1. The van der Waals surface area contributed by atoms with E-state index in [4.69, 9.17) is 21.1 Å². The number of hydrogen-bond acceptors (Lipinski definition) is 5. The lowest BCUT2D eigenvalue weighted by Gasteiger charge is -2.37. The molecule has 0 spiro atoms. The van der Waals surface area contributed by atoms with Crippen LogP contribution in [0.3, 0.4) is 0 Å². The Bertz CT molecular complexity index is 834. The van der Waals surface area contributed by atoms with E-state index in [1.807, 2.05) is 43.8 Å². The molecule has 6 heteroatoms. The number of ether oxygens (including phenoxy) is 2. The average Bonchev–Trinajstić information content (AvgIpc) is 2.80. The summed E-state index contributed by atoms with van der Waals surface area (Å²) in [5, 5.41) is 14.4. The van der Waals surface area contributed by atoms with Gasteiger partial charge in [-0.1, -0.05) is 31.5 Å². The maximum Gasteiger partial charge on any atom is 0.142 e. The highest BCUT2D eigenvalue weighted by molar-refractivity contribution is 8.00. The average molecular weight is 420 g/mol. The van der Waals surface area contributed by atoms with Gasteiger partial charge in [-0.25, -0.2) is 0 Å². The van der Waals surface area contributed by atoms with Gasteiger partial charge in [0.2, 0.25) is 0 Å². The third kappa shape index (κ3) is 3.99. The van der Waals surface area contributed by atoms with Crippen molar-refractivity contribution >= 4 is 29.1 Å². The van der Waals surface area contributed by atoms with Crippen LogP contribution in [0.4, 0.5) is 5.69 Å². The maximum absolute atomic E-state index is 10.4. The van der Waals surface area contributed by atoms with Gasteiger partial charge in [-0.15, -0.1) is 11.8 Å². The summed E-state index contributed by atoms with van der Waals surface area (Å²) in [5.74, 6) is 0.781. The van der Waals surface area contributed by atoms with Crippen LogP contribution in [0, 0.1) is 5.41 Å². The van der Waals surface area contributed by atoms with Crippen molar-refractivity contribution in [2.45, 2.75) is 42.6 Å². The number of aliphatic hydroxyl groups is 1. The third-order valence-corrected chi connectivity index (χ3v) is 7.18. The van der Waals surface area contributed by atoms with Crippen molar-refractivity contribution in [3.8, 4) is 5.75 Å². The summed E-state index contributed by atoms with van der Waals surface area (Å²) in [5.41, 5.74) is 1.63. The van der Waals surface area contributed by atoms with Gasteiger partial charge in [0.15, 0.2) is 0 Å². The molecule has 1 fully saturated rings. The molecule has 2 N–H and O–H groups in total. The van der Waals surface area contributed by atoms with E-state index in [1.165, 1.54) is 10.5 Å². The van der Waals surface area contributed by atoms with Gasteiger partial charge in [0.05, 0.1) is 23.6 Å². The topological polar surface area (TPSA) is 50.7 Å². The lowest BCUT2D eigenvalue weighted by molar-refractivity contribution is 0.0416. The van der Waals surface area contributed by atoms with Crippen LogP contribution < -0.4 is 10.1 Å². The zero-order valence-corrected chi connectivity index (χ0v) is 17.8. The number of anilines is 1. The number of benzene rings is 2. The molecule has 28 heavy (non-hydrogen) atoms. The van der Waals surface area contributed by atoms with Gasteiger partial charge in [0, 0.05) is 21.9 Å². The molecule has 2 aromatic carbocycles. The van der Waals surface area contributed by atoms with E-state index in [1.54, 1.807) is 0 Å². The summed E-state index contributed by atoms with van der Waals surface area (Å²) in [6, 6.07) is 14.2. The van der Waals surface area contributed by atoms with Crippen LogP contribution in [0.5, 0.6) is 5.75 Å². The second kappa shape index (κ2) is 7.79. The Morgan fingerprint density at radius 3 is 2.64 bits per heavy atom. The molecule has 2 aliphatic rings. The summed E-state index contributed by atoms with van der Waals surface area (Å²) in [6.45, 7) is 5.88. The minimum Gasteiger partial charge on any atom is -0.491 e. The molecule has 0 bridgehead atoms. The van der Waals surface area contributed by atoms with E-state index in [-0.39, 0.29) is 10.2 Å². The molecule has 2 aromatic rings. The number of halogens is 1. The standard InChI is InChI=1S/C22H26ClNO3S/c1-21(2)13-27-19-12-15(4-9-18(19)24-20(21)25)22(10-3-11-26-14-22)28-17-7-5-16(23)6-8-17/h4-9,12,20,24-25H,3,10-11,13-14H2,1-2H3. The lowest BCUT2D eigenvalue weighted by Crippen LogP contribution is -2.38. The van der Waals surface area contributed by atoms with Gasteiger partial charge < -0.3 is 19.9 Å². The molecular formula is C22H26ClNO3S. The second-order valence-corrected chi connectivity index (χ2v) is 10.1. The molecule has 0 aromatic heterocycles. The van der Waals surface area contributed by atoms with E-state index in [0.717, 1.165) is 35.9 Å². The first kappa shape index (κ1) is 19.9. The Balaban J connectivity index is 1.68. The molecule has 0 radical (unpaired) electrons. The van der Waals surface area contributed by atoms with Crippen molar-refractivity contribution in [3.05, 3.63) is 53.1 Å². The van der Waals surface area contributed by atoms with Crippen molar-refractivity contribution in [3.63, 3.8) is 0 Å². The molecule has 150 valence electrons. The Morgan fingerprint density at radius 2 is 1.93 bits per heavy atom. The SMILES string of the molecule is CC1(C)COc2cc(C3(Sc4ccc(Cl)cc4)CCCOC3)ccc2NC1O. The van der Waals surface area contributed by atoms with E-state index in [9.17, 15) is 5.11 Å². The third-order valence-electron chi connectivity index (χ3n) is 5.47. The van der Waals surface area contributed by atoms with Crippen molar-refractivity contribution in [1.82, 2.24) is 0 Å². The van der Waals surface area contributed by atoms with Gasteiger partial charge in [0.25, 0.3) is 0 Å². The number of fused-ring (bicyclic) bond motifs is 1. The molecule has 0 saturated carbocycles. The monoisotopic (exact) mass is 419 g/mol. The molecule has 2 heterocycles. The summed E-state index contributed by atoms with van der Waals surface area (Å²) < 4.78 is 11.8. The van der Waals surface area contributed by atoms with Crippen LogP contribution >= 0.6 is 23.4 Å². The van der Waals surface area contributed by atoms with E-state index < -0.39 is 6.23 Å². The van der Waals surface area contributed by atoms with Gasteiger partial charge in [0.1, 0.15) is 12.0 Å². The van der Waals surface area contributed by atoms with Crippen LogP contribution in [0.2, 0.25) is 5.02 Å². The molecule has 2 unspecified atom stereocenters. The zero-order chi connectivity index (χ0) is 19.8. The highest BCUT2D eigenvalue weighted by Gasteiger charge is 2.38. The van der Waals surface area contributed by atoms with E-state index >= 15 is 0 Å². The van der Waals surface area contributed by atoms with E-state index in [2.05, 4.69) is 29.6 Å². The normalized spacial score (nSPS) is 26.5. The fraction of sp³-hybridized carbons (Fsp3) is 0.455. The smallest absolute Gasteiger partial charge is 0.142 e. The highest BCUT2D eigenvalue weighted by Crippen LogP contribution is 2.49. The second-order valence-electron chi connectivity index (χ2n) is 8.24. The van der Waals surface area contributed by atoms with Gasteiger partial charge in [-0.05, 0) is 54.8 Å². The first-order valence-corrected chi connectivity index (χ1v) is 10.8. The van der Waals surface area contributed by atoms with Crippen molar-refractivity contribution in [2.75, 3.05) is 25.1 Å². The van der Waals surface area contributed by atoms with E-state index in [0.29, 0.717) is 13.2 Å². The molecule has 2 aliphatic heterocycles. The first-order valence-electron chi connectivity index (χ1n) is 9.62. The van der Waals surface area contributed by atoms with Crippen LogP contribution in [0.15, 0.2) is 47.4 Å². The number of aliphatic hydroxyl groups excluding tert-OH is 1. The molecule has 4 nitrogen and oxygen atoms in total.